The molecule has 0 radical (unpaired) electrons. The Labute approximate surface area is 170 Å². The first kappa shape index (κ1) is 16.9. The molecule has 2 aliphatic rings. The van der Waals surface area contributed by atoms with E-state index < -0.39 is 0 Å². The molecule has 1 fully saturated rings. The van der Waals surface area contributed by atoms with Crippen molar-refractivity contribution in [1.29, 1.82) is 0 Å². The van der Waals surface area contributed by atoms with Gasteiger partial charge >= 0.3 is 0 Å². The van der Waals surface area contributed by atoms with Crippen molar-refractivity contribution in [3.8, 4) is 28.6 Å². The van der Waals surface area contributed by atoms with E-state index in [9.17, 15) is 0 Å². The Morgan fingerprint density at radius 1 is 1.28 bits per heavy atom. The molecule has 0 spiro atoms. The maximum Gasteiger partial charge on any atom is 0.230 e. The second-order valence-corrected chi connectivity index (χ2v) is 7.70. The summed E-state index contributed by atoms with van der Waals surface area (Å²) in [6.45, 7) is 0.844. The third kappa shape index (κ3) is 2.61. The third-order valence-corrected chi connectivity index (χ3v) is 5.55. The van der Waals surface area contributed by atoms with Crippen molar-refractivity contribution in [3.05, 3.63) is 47.0 Å². The number of hydrogen-bond acceptors (Lipinski definition) is 7. The van der Waals surface area contributed by atoms with E-state index in [1.165, 1.54) is 0 Å². The van der Waals surface area contributed by atoms with Gasteiger partial charge in [-0.2, -0.15) is 4.98 Å². The molecule has 10 heteroatoms. The van der Waals surface area contributed by atoms with E-state index in [1.807, 2.05) is 27.3 Å². The number of imidazole rings is 1. The van der Waals surface area contributed by atoms with Crippen molar-refractivity contribution >= 4 is 11.6 Å². The molecule has 4 heterocycles. The highest BCUT2D eigenvalue weighted by Gasteiger charge is 2.32. The van der Waals surface area contributed by atoms with Gasteiger partial charge in [0.05, 0.1) is 17.9 Å². The molecule has 0 N–H and O–H groups in total. The topological polar surface area (TPSA) is 96.7 Å². The van der Waals surface area contributed by atoms with Crippen LogP contribution in [0.3, 0.4) is 0 Å². The van der Waals surface area contributed by atoms with Crippen LogP contribution in [0.5, 0.6) is 0 Å². The Balaban J connectivity index is 1.56. The van der Waals surface area contributed by atoms with Crippen LogP contribution in [0.2, 0.25) is 5.02 Å². The van der Waals surface area contributed by atoms with Crippen LogP contribution in [0.25, 0.3) is 28.6 Å². The minimum Gasteiger partial charge on any atom is -0.377 e. The summed E-state index contributed by atoms with van der Waals surface area (Å²) in [5.74, 6) is 3.03. The van der Waals surface area contributed by atoms with Gasteiger partial charge in [-0.25, -0.2) is 4.98 Å². The van der Waals surface area contributed by atoms with Gasteiger partial charge in [0.2, 0.25) is 11.7 Å². The Morgan fingerprint density at radius 2 is 2.17 bits per heavy atom. The first-order valence-electron chi connectivity index (χ1n) is 9.34. The Kier molecular flexibility index (Phi) is 3.62. The van der Waals surface area contributed by atoms with E-state index in [0.29, 0.717) is 41.5 Å². The van der Waals surface area contributed by atoms with Crippen LogP contribution >= 0.6 is 11.6 Å². The van der Waals surface area contributed by atoms with Crippen molar-refractivity contribution in [2.45, 2.75) is 31.9 Å². The maximum atomic E-state index is 6.29. The van der Waals surface area contributed by atoms with Gasteiger partial charge in [-0.3, -0.25) is 4.57 Å². The molecular weight excluding hydrogens is 394 g/mol. The molecule has 0 bridgehead atoms. The number of ether oxygens (including phenoxy) is 1. The molecule has 29 heavy (non-hydrogen) atoms. The lowest BCUT2D eigenvalue weighted by atomic mass is 10.1. The number of halogens is 1. The molecule has 4 aromatic rings. The van der Waals surface area contributed by atoms with Gasteiger partial charge in [-0.05, 0) is 31.0 Å². The van der Waals surface area contributed by atoms with Crippen LogP contribution in [-0.2, 0) is 17.9 Å². The van der Waals surface area contributed by atoms with Gasteiger partial charge in [0.1, 0.15) is 18.6 Å². The molecule has 1 saturated carbocycles. The zero-order valence-electron chi connectivity index (χ0n) is 15.5. The molecule has 1 aliphatic heterocycles. The standard InChI is InChI=1S/C19H16ClN7O2/c1-28-8-15-23-24-18-12-6-11(20)4-5-13(12)27-9-21-16(14(27)7-26(15)18)17-22-19(29-25-17)10-2-3-10/h4-6,9-10H,2-3,7-8H2,1H3. The molecule has 3 aromatic heterocycles. The predicted molar refractivity (Wildman–Crippen MR) is 103 cm³/mol. The van der Waals surface area contributed by atoms with Crippen LogP contribution in [-0.4, -0.2) is 41.6 Å². The van der Waals surface area contributed by atoms with Gasteiger partial charge in [0.25, 0.3) is 0 Å². The monoisotopic (exact) mass is 409 g/mol. The van der Waals surface area contributed by atoms with E-state index in [4.69, 9.17) is 20.9 Å². The van der Waals surface area contributed by atoms with E-state index in [2.05, 4.69) is 25.3 Å². The number of methoxy groups -OCH3 is 1. The van der Waals surface area contributed by atoms with E-state index in [1.54, 1.807) is 13.4 Å². The lowest BCUT2D eigenvalue weighted by molar-refractivity contribution is 0.174. The average Bonchev–Trinajstić information content (AvgIpc) is 3.16. The van der Waals surface area contributed by atoms with Crippen molar-refractivity contribution in [2.24, 2.45) is 0 Å². The first-order valence-corrected chi connectivity index (χ1v) is 9.72. The summed E-state index contributed by atoms with van der Waals surface area (Å²) in [7, 11) is 1.64. The van der Waals surface area contributed by atoms with Gasteiger partial charge in [-0.1, -0.05) is 16.8 Å². The number of rotatable bonds is 4. The van der Waals surface area contributed by atoms with Crippen LogP contribution in [0.15, 0.2) is 29.0 Å². The summed E-state index contributed by atoms with van der Waals surface area (Å²) in [4.78, 5) is 9.20. The second kappa shape index (κ2) is 6.23. The number of benzene rings is 1. The quantitative estimate of drug-likeness (QED) is 0.449. The zero-order chi connectivity index (χ0) is 19.5. The fourth-order valence-corrected chi connectivity index (χ4v) is 3.90. The van der Waals surface area contributed by atoms with E-state index in [0.717, 1.165) is 41.4 Å². The molecular formula is C19H16ClN7O2. The summed E-state index contributed by atoms with van der Waals surface area (Å²) in [5, 5.41) is 13.5. The molecule has 0 amide bonds. The third-order valence-electron chi connectivity index (χ3n) is 5.31. The summed E-state index contributed by atoms with van der Waals surface area (Å²) < 4.78 is 14.8. The van der Waals surface area contributed by atoms with Crippen molar-refractivity contribution in [2.75, 3.05) is 7.11 Å². The molecule has 0 saturated heterocycles. The van der Waals surface area contributed by atoms with Gasteiger partial charge < -0.3 is 13.8 Å². The highest BCUT2D eigenvalue weighted by atomic mass is 35.5. The van der Waals surface area contributed by atoms with Crippen LogP contribution in [0.4, 0.5) is 0 Å². The fraction of sp³-hybridized carbons (Fsp3) is 0.316. The Hall–Kier alpha value is -3.04. The number of aromatic nitrogens is 7. The lowest BCUT2D eigenvalue weighted by Crippen LogP contribution is -2.09. The largest absolute Gasteiger partial charge is 0.377 e. The lowest BCUT2D eigenvalue weighted by Gasteiger charge is -2.08. The van der Waals surface area contributed by atoms with Crippen LogP contribution in [0.1, 0.15) is 36.2 Å². The maximum absolute atomic E-state index is 6.29. The average molecular weight is 410 g/mol. The number of hydrogen-bond donors (Lipinski definition) is 0. The molecule has 6 rings (SSSR count). The normalized spacial score (nSPS) is 15.0. The minimum absolute atomic E-state index is 0.348. The number of nitrogens with zero attached hydrogens (tertiary/aromatic N) is 7. The molecule has 1 aliphatic carbocycles. The minimum atomic E-state index is 0.348. The van der Waals surface area contributed by atoms with Gasteiger partial charge in [0.15, 0.2) is 11.6 Å². The van der Waals surface area contributed by atoms with Crippen LogP contribution < -0.4 is 0 Å². The first-order chi connectivity index (χ1) is 14.2. The summed E-state index contributed by atoms with van der Waals surface area (Å²) in [5.41, 5.74) is 3.41. The Bertz CT molecular complexity index is 1240. The van der Waals surface area contributed by atoms with E-state index >= 15 is 0 Å². The fourth-order valence-electron chi connectivity index (χ4n) is 3.73. The van der Waals surface area contributed by atoms with Crippen molar-refractivity contribution in [1.82, 2.24) is 34.5 Å². The highest BCUT2D eigenvalue weighted by Crippen LogP contribution is 2.40. The molecule has 9 nitrogen and oxygen atoms in total. The smallest absolute Gasteiger partial charge is 0.230 e. The number of fused-ring (bicyclic) bond motifs is 5. The molecule has 0 atom stereocenters. The van der Waals surface area contributed by atoms with Crippen LogP contribution in [0, 0.1) is 0 Å². The molecule has 1 aromatic carbocycles. The molecule has 146 valence electrons. The molecule has 0 unspecified atom stereocenters. The zero-order valence-corrected chi connectivity index (χ0v) is 16.3. The van der Waals surface area contributed by atoms with Gasteiger partial charge in [-0.15, -0.1) is 10.2 Å². The Morgan fingerprint density at radius 3 is 3.00 bits per heavy atom. The highest BCUT2D eigenvalue weighted by molar-refractivity contribution is 6.31. The summed E-state index contributed by atoms with van der Waals surface area (Å²) in [6.07, 6.45) is 3.98. The predicted octanol–water partition coefficient (Wildman–Crippen LogP) is 3.22. The van der Waals surface area contributed by atoms with E-state index in [-0.39, 0.29) is 0 Å². The van der Waals surface area contributed by atoms with Gasteiger partial charge in [0, 0.05) is 23.6 Å². The second-order valence-electron chi connectivity index (χ2n) is 7.26. The summed E-state index contributed by atoms with van der Waals surface area (Å²) >= 11 is 6.29. The SMILES string of the molecule is COCc1nnc2n1Cc1c(-c3noc(C4CC4)n3)ncn1-c1ccc(Cl)cc1-2. The summed E-state index contributed by atoms with van der Waals surface area (Å²) in [6, 6.07) is 5.70. The van der Waals surface area contributed by atoms with Crippen molar-refractivity contribution < 1.29 is 9.26 Å². The van der Waals surface area contributed by atoms with Crippen molar-refractivity contribution in [3.63, 3.8) is 0 Å².